The first-order valence-corrected chi connectivity index (χ1v) is 7.76. The second-order valence-electron chi connectivity index (χ2n) is 5.78. The number of amides is 2. The third kappa shape index (κ3) is 5.73. The molecule has 0 aromatic carbocycles. The van der Waals surface area contributed by atoms with Crippen molar-refractivity contribution < 1.29 is 19.5 Å². The van der Waals surface area contributed by atoms with Crippen LogP contribution in [0.3, 0.4) is 0 Å². The number of carboxylic acids is 1. The molecule has 0 aromatic heterocycles. The van der Waals surface area contributed by atoms with E-state index in [1.54, 1.807) is 6.92 Å². The van der Waals surface area contributed by atoms with Crippen LogP contribution in [0.5, 0.6) is 0 Å². The lowest BCUT2D eigenvalue weighted by atomic mass is 10.0. The van der Waals surface area contributed by atoms with Crippen LogP contribution < -0.4 is 10.6 Å². The molecule has 0 spiro atoms. The number of carboxylic acid groups (broad SMARTS) is 1. The van der Waals surface area contributed by atoms with Crippen molar-refractivity contribution in [2.45, 2.75) is 58.4 Å². The fourth-order valence-electron chi connectivity index (χ4n) is 2.62. The lowest BCUT2D eigenvalue weighted by Gasteiger charge is -2.18. The number of carbonyl (C=O) groups excluding carboxylic acids is 2. The second-order valence-corrected chi connectivity index (χ2v) is 5.78. The average Bonchev–Trinajstić information content (AvgIpc) is 2.96. The Morgan fingerprint density at radius 1 is 1.24 bits per heavy atom. The molecule has 0 aliphatic heterocycles. The average molecular weight is 298 g/mol. The molecule has 0 heterocycles. The van der Waals surface area contributed by atoms with E-state index in [2.05, 4.69) is 10.6 Å². The van der Waals surface area contributed by atoms with Crippen LogP contribution in [-0.2, 0) is 14.4 Å². The maximum absolute atomic E-state index is 11.9. The van der Waals surface area contributed by atoms with E-state index in [1.165, 1.54) is 0 Å². The predicted molar refractivity (Wildman–Crippen MR) is 78.6 cm³/mol. The number of nitrogens with one attached hydrogen (secondary N) is 2. The third-order valence-electron chi connectivity index (χ3n) is 3.99. The Kier molecular flexibility index (Phi) is 7.19. The molecule has 1 saturated carbocycles. The van der Waals surface area contributed by atoms with Gasteiger partial charge in [-0.15, -0.1) is 0 Å². The van der Waals surface area contributed by atoms with E-state index < -0.39 is 17.9 Å². The maximum atomic E-state index is 11.9. The van der Waals surface area contributed by atoms with Crippen molar-refractivity contribution in [2.75, 3.05) is 6.54 Å². The lowest BCUT2D eigenvalue weighted by molar-refractivity contribution is -0.142. The number of hydrogen-bond donors (Lipinski definition) is 3. The van der Waals surface area contributed by atoms with E-state index in [9.17, 15) is 14.4 Å². The Morgan fingerprint density at radius 2 is 1.86 bits per heavy atom. The van der Waals surface area contributed by atoms with Crippen molar-refractivity contribution in [1.29, 1.82) is 0 Å². The molecule has 6 heteroatoms. The molecule has 2 amide bonds. The highest BCUT2D eigenvalue weighted by atomic mass is 16.4. The summed E-state index contributed by atoms with van der Waals surface area (Å²) in [6.45, 7) is 3.63. The zero-order chi connectivity index (χ0) is 15.8. The summed E-state index contributed by atoms with van der Waals surface area (Å²) in [5.74, 6) is -1.86. The molecule has 0 saturated heterocycles. The highest BCUT2D eigenvalue weighted by Gasteiger charge is 2.26. The van der Waals surface area contributed by atoms with Crippen molar-refractivity contribution in [1.82, 2.24) is 10.6 Å². The lowest BCUT2D eigenvalue weighted by Crippen LogP contribution is -2.47. The first-order valence-electron chi connectivity index (χ1n) is 7.76. The van der Waals surface area contributed by atoms with Gasteiger partial charge in [-0.25, -0.2) is 0 Å². The van der Waals surface area contributed by atoms with Crippen molar-refractivity contribution in [3.63, 3.8) is 0 Å². The first-order chi connectivity index (χ1) is 9.95. The van der Waals surface area contributed by atoms with E-state index in [4.69, 9.17) is 5.11 Å². The van der Waals surface area contributed by atoms with Gasteiger partial charge >= 0.3 is 5.97 Å². The third-order valence-corrected chi connectivity index (χ3v) is 3.99. The molecule has 0 aromatic rings. The molecule has 1 rings (SSSR count). The molecule has 0 bridgehead atoms. The van der Waals surface area contributed by atoms with Crippen LogP contribution in [0.4, 0.5) is 0 Å². The minimum atomic E-state index is -0.903. The Morgan fingerprint density at radius 3 is 2.38 bits per heavy atom. The maximum Gasteiger partial charge on any atom is 0.308 e. The molecular formula is C15H26N2O4. The zero-order valence-electron chi connectivity index (χ0n) is 12.9. The van der Waals surface area contributed by atoms with Gasteiger partial charge in [-0.05, 0) is 26.2 Å². The van der Waals surface area contributed by atoms with Gasteiger partial charge in [-0.1, -0.05) is 26.2 Å². The standard InChI is InChI=1S/C15H26N2O4/c1-3-6-12(15(20)21)9-16-13(18)10(2)17-14(19)11-7-4-5-8-11/h10-12H,3-9H2,1-2H3,(H,16,18)(H,17,19)(H,20,21). The highest BCUT2D eigenvalue weighted by Crippen LogP contribution is 2.24. The molecule has 21 heavy (non-hydrogen) atoms. The molecule has 0 radical (unpaired) electrons. The number of hydrogen-bond acceptors (Lipinski definition) is 3. The van der Waals surface area contributed by atoms with E-state index in [1.807, 2.05) is 6.92 Å². The van der Waals surface area contributed by atoms with Crippen LogP contribution in [0.25, 0.3) is 0 Å². The van der Waals surface area contributed by atoms with Gasteiger partial charge in [0.05, 0.1) is 5.92 Å². The highest BCUT2D eigenvalue weighted by molar-refractivity contribution is 5.88. The molecule has 3 N–H and O–H groups in total. The van der Waals surface area contributed by atoms with Gasteiger partial charge in [0.1, 0.15) is 6.04 Å². The van der Waals surface area contributed by atoms with Crippen LogP contribution in [0.2, 0.25) is 0 Å². The molecular weight excluding hydrogens is 272 g/mol. The van der Waals surface area contributed by atoms with Gasteiger partial charge in [0.25, 0.3) is 0 Å². The van der Waals surface area contributed by atoms with Crippen molar-refractivity contribution in [3.05, 3.63) is 0 Å². The Balaban J connectivity index is 2.36. The second kappa shape index (κ2) is 8.64. The number of aliphatic carboxylic acids is 1. The minimum absolute atomic E-state index is 0.0205. The van der Waals surface area contributed by atoms with Crippen molar-refractivity contribution >= 4 is 17.8 Å². The normalized spacial score (nSPS) is 18.0. The first kappa shape index (κ1) is 17.5. The number of rotatable bonds is 8. The smallest absolute Gasteiger partial charge is 0.308 e. The van der Waals surface area contributed by atoms with E-state index in [-0.39, 0.29) is 24.3 Å². The Bertz CT molecular complexity index is 378. The number of carbonyl (C=O) groups is 3. The van der Waals surface area contributed by atoms with Gasteiger partial charge in [0.15, 0.2) is 0 Å². The van der Waals surface area contributed by atoms with Crippen LogP contribution >= 0.6 is 0 Å². The minimum Gasteiger partial charge on any atom is -0.481 e. The molecule has 2 atom stereocenters. The summed E-state index contributed by atoms with van der Waals surface area (Å²) in [6, 6.07) is -0.630. The molecule has 1 aliphatic carbocycles. The van der Waals surface area contributed by atoms with Crippen LogP contribution in [-0.4, -0.2) is 35.5 Å². The van der Waals surface area contributed by atoms with Crippen LogP contribution in [0.1, 0.15) is 52.4 Å². The monoisotopic (exact) mass is 298 g/mol. The van der Waals surface area contributed by atoms with Gasteiger partial charge in [0, 0.05) is 12.5 Å². The topological polar surface area (TPSA) is 95.5 Å². The molecule has 6 nitrogen and oxygen atoms in total. The fraction of sp³-hybridized carbons (Fsp3) is 0.800. The van der Waals surface area contributed by atoms with Crippen molar-refractivity contribution in [3.8, 4) is 0 Å². The fourth-order valence-corrected chi connectivity index (χ4v) is 2.62. The quantitative estimate of drug-likeness (QED) is 0.629. The largest absolute Gasteiger partial charge is 0.481 e. The van der Waals surface area contributed by atoms with E-state index in [0.29, 0.717) is 6.42 Å². The summed E-state index contributed by atoms with van der Waals surface area (Å²) in [5, 5.41) is 14.3. The summed E-state index contributed by atoms with van der Waals surface area (Å²) in [5.41, 5.74) is 0. The Hall–Kier alpha value is -1.59. The van der Waals surface area contributed by atoms with Gasteiger partial charge < -0.3 is 15.7 Å². The van der Waals surface area contributed by atoms with Gasteiger partial charge in [-0.2, -0.15) is 0 Å². The summed E-state index contributed by atoms with van der Waals surface area (Å²) in [7, 11) is 0. The summed E-state index contributed by atoms with van der Waals surface area (Å²) >= 11 is 0. The summed E-state index contributed by atoms with van der Waals surface area (Å²) < 4.78 is 0. The molecule has 120 valence electrons. The van der Waals surface area contributed by atoms with Gasteiger partial charge in [-0.3, -0.25) is 14.4 Å². The summed E-state index contributed by atoms with van der Waals surface area (Å²) in [4.78, 5) is 34.8. The molecule has 2 unspecified atom stereocenters. The molecule has 1 fully saturated rings. The predicted octanol–water partition coefficient (Wildman–Crippen LogP) is 1.30. The van der Waals surface area contributed by atoms with Crippen LogP contribution in [0, 0.1) is 11.8 Å². The SMILES string of the molecule is CCCC(CNC(=O)C(C)NC(=O)C1CCCC1)C(=O)O. The van der Waals surface area contributed by atoms with E-state index >= 15 is 0 Å². The zero-order valence-corrected chi connectivity index (χ0v) is 12.9. The van der Waals surface area contributed by atoms with E-state index in [0.717, 1.165) is 32.1 Å². The Labute approximate surface area is 125 Å². The van der Waals surface area contributed by atoms with Crippen molar-refractivity contribution in [2.24, 2.45) is 11.8 Å². The molecule has 1 aliphatic rings. The summed E-state index contributed by atoms with van der Waals surface area (Å²) in [6.07, 6.45) is 5.18. The van der Waals surface area contributed by atoms with Gasteiger partial charge in [0.2, 0.25) is 11.8 Å². The van der Waals surface area contributed by atoms with Crippen LogP contribution in [0.15, 0.2) is 0 Å².